The number of benzene rings is 1. The van der Waals surface area contributed by atoms with Gasteiger partial charge in [0.1, 0.15) is 0 Å². The van der Waals surface area contributed by atoms with Crippen LogP contribution in [0.3, 0.4) is 0 Å². The molecule has 1 aromatic rings. The molecular formula is C15H14O3. The van der Waals surface area contributed by atoms with Crippen LogP contribution in [-0.4, -0.2) is 16.9 Å². The van der Waals surface area contributed by atoms with Crippen molar-refractivity contribution in [3.63, 3.8) is 0 Å². The second-order valence-electron chi connectivity index (χ2n) is 3.53. The summed E-state index contributed by atoms with van der Waals surface area (Å²) in [4.78, 5) is 23.3. The number of carboxylic acid groups (broad SMARTS) is 1. The van der Waals surface area contributed by atoms with Gasteiger partial charge in [0, 0.05) is 11.1 Å². The molecule has 0 aliphatic heterocycles. The molecule has 0 unspecified atom stereocenters. The first-order valence-electron chi connectivity index (χ1n) is 5.44. The van der Waals surface area contributed by atoms with E-state index in [1.54, 1.807) is 43.3 Å². The van der Waals surface area contributed by atoms with Crippen molar-refractivity contribution >= 4 is 11.8 Å². The number of carboxylic acids is 1. The molecule has 0 atom stereocenters. The molecule has 0 radical (unpaired) electrons. The van der Waals surface area contributed by atoms with E-state index < -0.39 is 5.97 Å². The lowest BCUT2D eigenvalue weighted by molar-refractivity contribution is -0.132. The number of allylic oxidation sites excluding steroid dienone is 3. The molecule has 0 amide bonds. The van der Waals surface area contributed by atoms with Crippen LogP contribution >= 0.6 is 0 Å². The highest BCUT2D eigenvalue weighted by atomic mass is 16.4. The molecule has 0 bridgehead atoms. The molecular weight excluding hydrogens is 228 g/mol. The highest BCUT2D eigenvalue weighted by Gasteiger charge is 2.17. The standard InChI is InChI=1S/C15H14O3/c1-3-8-13(15(17)18)12(4-2)14(16)11-9-6-5-7-10-11/h3-10H,2H2,1H3,(H,17,18)/b8-3-,13-12-. The Bertz CT molecular complexity index is 522. The summed E-state index contributed by atoms with van der Waals surface area (Å²) in [7, 11) is 0. The molecule has 3 nitrogen and oxygen atoms in total. The van der Waals surface area contributed by atoms with E-state index in [0.29, 0.717) is 5.56 Å². The predicted molar refractivity (Wildman–Crippen MR) is 70.4 cm³/mol. The highest BCUT2D eigenvalue weighted by Crippen LogP contribution is 2.15. The fourth-order valence-corrected chi connectivity index (χ4v) is 1.51. The third kappa shape index (κ3) is 3.04. The van der Waals surface area contributed by atoms with E-state index in [9.17, 15) is 9.59 Å². The van der Waals surface area contributed by atoms with Crippen LogP contribution in [0.2, 0.25) is 0 Å². The fourth-order valence-electron chi connectivity index (χ4n) is 1.51. The molecule has 0 fully saturated rings. The van der Waals surface area contributed by atoms with Crippen molar-refractivity contribution in [1.29, 1.82) is 0 Å². The lowest BCUT2D eigenvalue weighted by atomic mass is 9.98. The van der Waals surface area contributed by atoms with E-state index in [2.05, 4.69) is 6.58 Å². The summed E-state index contributed by atoms with van der Waals surface area (Å²) in [5, 5.41) is 9.09. The van der Waals surface area contributed by atoms with Gasteiger partial charge in [0.05, 0.1) is 5.57 Å². The molecule has 0 aliphatic carbocycles. The third-order valence-electron chi connectivity index (χ3n) is 2.34. The Hall–Kier alpha value is -2.42. The van der Waals surface area contributed by atoms with Gasteiger partial charge in [-0.3, -0.25) is 4.79 Å². The van der Waals surface area contributed by atoms with Gasteiger partial charge in [-0.05, 0) is 6.92 Å². The molecule has 1 N–H and O–H groups in total. The average Bonchev–Trinajstić information content (AvgIpc) is 2.39. The number of carbonyl (C=O) groups is 2. The number of Topliss-reactive ketones (excluding diaryl/α,β-unsaturated/α-hetero) is 1. The second kappa shape index (κ2) is 6.35. The summed E-state index contributed by atoms with van der Waals surface area (Å²) >= 11 is 0. The van der Waals surface area contributed by atoms with E-state index in [4.69, 9.17) is 5.11 Å². The molecule has 1 aromatic carbocycles. The summed E-state index contributed by atoms with van der Waals surface area (Å²) in [6, 6.07) is 8.52. The lowest BCUT2D eigenvalue weighted by Gasteiger charge is -2.05. The van der Waals surface area contributed by atoms with E-state index >= 15 is 0 Å². The van der Waals surface area contributed by atoms with Gasteiger partial charge in [-0.1, -0.05) is 55.1 Å². The molecule has 1 rings (SSSR count). The Labute approximate surface area is 106 Å². The Kier molecular flexibility index (Phi) is 4.81. The van der Waals surface area contributed by atoms with Crippen molar-refractivity contribution in [2.75, 3.05) is 0 Å². The lowest BCUT2D eigenvalue weighted by Crippen LogP contribution is -2.09. The van der Waals surface area contributed by atoms with Crippen LogP contribution in [0.4, 0.5) is 0 Å². The molecule has 92 valence electrons. The first kappa shape index (κ1) is 13.6. The Morgan fingerprint density at radius 2 is 1.78 bits per heavy atom. The minimum absolute atomic E-state index is 0.0543. The van der Waals surface area contributed by atoms with E-state index in [1.165, 1.54) is 12.2 Å². The largest absolute Gasteiger partial charge is 0.478 e. The van der Waals surface area contributed by atoms with E-state index in [0.717, 1.165) is 0 Å². The fraction of sp³-hybridized carbons (Fsp3) is 0.0667. The predicted octanol–water partition coefficient (Wildman–Crippen LogP) is 3.01. The van der Waals surface area contributed by atoms with Crippen LogP contribution in [0, 0.1) is 0 Å². The zero-order valence-electron chi connectivity index (χ0n) is 10.1. The minimum atomic E-state index is -1.15. The van der Waals surface area contributed by atoms with Crippen LogP contribution in [0.25, 0.3) is 0 Å². The SMILES string of the molecule is C=C/C(C(=O)c1ccccc1)=C(\C=C/C)C(=O)O. The van der Waals surface area contributed by atoms with Gasteiger partial charge in [-0.25, -0.2) is 4.79 Å². The van der Waals surface area contributed by atoms with Gasteiger partial charge in [-0.2, -0.15) is 0 Å². The van der Waals surface area contributed by atoms with Gasteiger partial charge in [0.25, 0.3) is 0 Å². The first-order chi connectivity index (χ1) is 8.61. The van der Waals surface area contributed by atoms with E-state index in [-0.39, 0.29) is 16.9 Å². The third-order valence-corrected chi connectivity index (χ3v) is 2.34. The molecule has 0 heterocycles. The van der Waals surface area contributed by atoms with Gasteiger partial charge >= 0.3 is 5.97 Å². The van der Waals surface area contributed by atoms with Crippen molar-refractivity contribution in [2.45, 2.75) is 6.92 Å². The summed E-state index contributed by atoms with van der Waals surface area (Å²) < 4.78 is 0. The van der Waals surface area contributed by atoms with Gasteiger partial charge in [0.15, 0.2) is 5.78 Å². The number of ketones is 1. The quantitative estimate of drug-likeness (QED) is 0.490. The molecule has 0 saturated heterocycles. The molecule has 3 heteroatoms. The monoisotopic (exact) mass is 242 g/mol. The average molecular weight is 242 g/mol. The summed E-state index contributed by atoms with van der Waals surface area (Å²) in [5.74, 6) is -1.49. The molecule has 0 saturated carbocycles. The van der Waals surface area contributed by atoms with Crippen LogP contribution in [-0.2, 0) is 4.79 Å². The summed E-state index contributed by atoms with van der Waals surface area (Å²) in [6.07, 6.45) is 4.24. The molecule has 0 aromatic heterocycles. The first-order valence-corrected chi connectivity index (χ1v) is 5.44. The Morgan fingerprint density at radius 3 is 2.22 bits per heavy atom. The summed E-state index contributed by atoms with van der Waals surface area (Å²) in [6.45, 7) is 5.21. The van der Waals surface area contributed by atoms with Gasteiger partial charge in [0.2, 0.25) is 0 Å². The number of hydrogen-bond donors (Lipinski definition) is 1. The van der Waals surface area contributed by atoms with Gasteiger partial charge in [-0.15, -0.1) is 0 Å². The smallest absolute Gasteiger partial charge is 0.336 e. The number of hydrogen-bond acceptors (Lipinski definition) is 2. The number of aliphatic carboxylic acids is 1. The second-order valence-corrected chi connectivity index (χ2v) is 3.53. The normalized spacial score (nSPS) is 12.1. The van der Waals surface area contributed by atoms with Crippen molar-refractivity contribution in [2.24, 2.45) is 0 Å². The maximum Gasteiger partial charge on any atom is 0.336 e. The number of carbonyl (C=O) groups excluding carboxylic acids is 1. The van der Waals surface area contributed by atoms with Crippen molar-refractivity contribution in [1.82, 2.24) is 0 Å². The van der Waals surface area contributed by atoms with Crippen LogP contribution in [0.15, 0.2) is 66.3 Å². The van der Waals surface area contributed by atoms with Gasteiger partial charge < -0.3 is 5.11 Å². The zero-order chi connectivity index (χ0) is 13.5. The van der Waals surface area contributed by atoms with Crippen LogP contribution in [0.5, 0.6) is 0 Å². The molecule has 18 heavy (non-hydrogen) atoms. The zero-order valence-corrected chi connectivity index (χ0v) is 10.1. The topological polar surface area (TPSA) is 54.4 Å². The van der Waals surface area contributed by atoms with Crippen LogP contribution < -0.4 is 0 Å². The molecule has 0 spiro atoms. The number of rotatable bonds is 5. The maximum absolute atomic E-state index is 12.2. The maximum atomic E-state index is 12.2. The Balaban J connectivity index is 3.33. The highest BCUT2D eigenvalue weighted by molar-refractivity contribution is 6.15. The van der Waals surface area contributed by atoms with Crippen molar-refractivity contribution in [3.05, 3.63) is 71.8 Å². The Morgan fingerprint density at radius 1 is 1.17 bits per heavy atom. The van der Waals surface area contributed by atoms with Crippen molar-refractivity contribution in [3.8, 4) is 0 Å². The van der Waals surface area contributed by atoms with E-state index in [1.807, 2.05) is 0 Å². The van der Waals surface area contributed by atoms with Crippen LogP contribution in [0.1, 0.15) is 17.3 Å². The summed E-state index contributed by atoms with van der Waals surface area (Å²) in [5.41, 5.74) is 0.476. The molecule has 0 aliphatic rings. The van der Waals surface area contributed by atoms with Crippen molar-refractivity contribution < 1.29 is 14.7 Å². The minimum Gasteiger partial charge on any atom is -0.478 e.